The predicted molar refractivity (Wildman–Crippen MR) is 88.9 cm³/mol. The number of halogens is 1. The van der Waals surface area contributed by atoms with Gasteiger partial charge in [-0.05, 0) is 30.5 Å². The standard InChI is InChI=1S/C15H21ClN2O4S/c1-23(19,20)15(2-6-21-7-3-15)12-10-13(16)17-14(11-12)18-4-8-22-9-5-18/h10-11H,2-9H2,1H3. The van der Waals surface area contributed by atoms with Crippen molar-refractivity contribution in [1.29, 1.82) is 0 Å². The van der Waals surface area contributed by atoms with Gasteiger partial charge in [0.1, 0.15) is 15.7 Å². The fraction of sp³-hybridized carbons (Fsp3) is 0.667. The molecule has 2 aliphatic heterocycles. The quantitative estimate of drug-likeness (QED) is 0.763. The van der Waals surface area contributed by atoms with Gasteiger partial charge in [0.25, 0.3) is 0 Å². The van der Waals surface area contributed by atoms with Crippen LogP contribution >= 0.6 is 11.6 Å². The van der Waals surface area contributed by atoms with Crippen LogP contribution in [0.2, 0.25) is 5.15 Å². The van der Waals surface area contributed by atoms with E-state index in [1.54, 1.807) is 6.07 Å². The molecule has 128 valence electrons. The molecule has 2 fully saturated rings. The SMILES string of the molecule is CS(=O)(=O)C1(c2cc(Cl)nc(N3CCOCC3)c2)CCOCC1. The molecule has 0 unspecified atom stereocenters. The highest BCUT2D eigenvalue weighted by Crippen LogP contribution is 2.41. The number of morpholine rings is 1. The summed E-state index contributed by atoms with van der Waals surface area (Å²) in [5, 5.41) is 0.318. The summed E-state index contributed by atoms with van der Waals surface area (Å²) in [5.74, 6) is 0.713. The molecule has 8 heteroatoms. The lowest BCUT2D eigenvalue weighted by molar-refractivity contribution is 0.0742. The Morgan fingerprint density at radius 1 is 1.13 bits per heavy atom. The highest BCUT2D eigenvalue weighted by atomic mass is 35.5. The van der Waals surface area contributed by atoms with Crippen LogP contribution in [0.15, 0.2) is 12.1 Å². The fourth-order valence-electron chi connectivity index (χ4n) is 3.28. The first-order valence-electron chi connectivity index (χ1n) is 7.70. The third-order valence-corrected chi connectivity index (χ3v) is 6.91. The van der Waals surface area contributed by atoms with E-state index < -0.39 is 14.6 Å². The van der Waals surface area contributed by atoms with Crippen LogP contribution in [0.4, 0.5) is 5.82 Å². The maximum absolute atomic E-state index is 12.6. The lowest BCUT2D eigenvalue weighted by atomic mass is 9.91. The first-order valence-corrected chi connectivity index (χ1v) is 9.97. The van der Waals surface area contributed by atoms with E-state index in [2.05, 4.69) is 9.88 Å². The second-order valence-corrected chi connectivity index (χ2v) is 8.73. The number of ether oxygens (including phenoxy) is 2. The number of pyridine rings is 1. The topological polar surface area (TPSA) is 68.7 Å². The number of hydrogen-bond acceptors (Lipinski definition) is 6. The van der Waals surface area contributed by atoms with Crippen LogP contribution in [0.1, 0.15) is 18.4 Å². The van der Waals surface area contributed by atoms with Gasteiger partial charge in [0.15, 0.2) is 9.84 Å². The van der Waals surface area contributed by atoms with Crippen molar-refractivity contribution in [1.82, 2.24) is 4.98 Å². The maximum atomic E-state index is 12.6. The Labute approximate surface area is 141 Å². The predicted octanol–water partition coefficient (Wildman–Crippen LogP) is 1.62. The smallest absolute Gasteiger partial charge is 0.157 e. The third-order valence-electron chi connectivity index (χ3n) is 4.65. The summed E-state index contributed by atoms with van der Waals surface area (Å²) in [6.45, 7) is 3.58. The van der Waals surface area contributed by atoms with Gasteiger partial charge >= 0.3 is 0 Å². The second-order valence-electron chi connectivity index (χ2n) is 6.01. The zero-order valence-corrected chi connectivity index (χ0v) is 14.7. The number of nitrogens with zero attached hydrogens (tertiary/aromatic N) is 2. The highest BCUT2D eigenvalue weighted by Gasteiger charge is 2.44. The van der Waals surface area contributed by atoms with Crippen LogP contribution in [0.3, 0.4) is 0 Å². The van der Waals surface area contributed by atoms with Crippen LogP contribution in [0, 0.1) is 0 Å². The Hall–Kier alpha value is -0.890. The molecule has 3 heterocycles. The van der Waals surface area contributed by atoms with Crippen molar-refractivity contribution in [3.63, 3.8) is 0 Å². The van der Waals surface area contributed by atoms with Gasteiger partial charge in [-0.3, -0.25) is 0 Å². The minimum absolute atomic E-state index is 0.318. The normalized spacial score (nSPS) is 22.1. The van der Waals surface area contributed by atoms with Crippen molar-refractivity contribution < 1.29 is 17.9 Å². The molecule has 0 bridgehead atoms. The van der Waals surface area contributed by atoms with Crippen molar-refractivity contribution in [3.05, 3.63) is 22.8 Å². The van der Waals surface area contributed by atoms with Crippen LogP contribution in [0.5, 0.6) is 0 Å². The summed E-state index contributed by atoms with van der Waals surface area (Å²) >= 11 is 6.21. The molecule has 0 atom stereocenters. The van der Waals surface area contributed by atoms with E-state index in [4.69, 9.17) is 21.1 Å². The molecule has 23 heavy (non-hydrogen) atoms. The van der Waals surface area contributed by atoms with Gasteiger partial charge < -0.3 is 14.4 Å². The minimum atomic E-state index is -3.31. The average molecular weight is 361 g/mol. The van der Waals surface area contributed by atoms with E-state index in [1.807, 2.05) is 6.07 Å². The van der Waals surface area contributed by atoms with Crippen molar-refractivity contribution in [2.24, 2.45) is 0 Å². The van der Waals surface area contributed by atoms with E-state index in [1.165, 1.54) is 6.26 Å². The van der Waals surface area contributed by atoms with Gasteiger partial charge in [-0.15, -0.1) is 0 Å². The zero-order chi connectivity index (χ0) is 16.5. The van der Waals surface area contributed by atoms with Gasteiger partial charge in [-0.2, -0.15) is 0 Å². The molecule has 2 saturated heterocycles. The Bertz CT molecular complexity index is 668. The lowest BCUT2D eigenvalue weighted by Gasteiger charge is -2.37. The van der Waals surface area contributed by atoms with E-state index in [0.717, 1.165) is 13.1 Å². The van der Waals surface area contributed by atoms with Crippen molar-refractivity contribution in [2.45, 2.75) is 17.6 Å². The first kappa shape index (κ1) is 17.0. The Morgan fingerprint density at radius 2 is 1.74 bits per heavy atom. The van der Waals surface area contributed by atoms with E-state index in [9.17, 15) is 8.42 Å². The summed E-state index contributed by atoms with van der Waals surface area (Å²) in [5.41, 5.74) is 0.713. The van der Waals surface area contributed by atoms with Crippen LogP contribution in [0.25, 0.3) is 0 Å². The molecule has 0 radical (unpaired) electrons. The molecule has 1 aromatic rings. The van der Waals surface area contributed by atoms with Gasteiger partial charge in [0.05, 0.1) is 13.2 Å². The van der Waals surface area contributed by atoms with Gasteiger partial charge in [-0.1, -0.05) is 11.6 Å². The number of anilines is 1. The summed E-state index contributed by atoms with van der Waals surface area (Å²) in [6, 6.07) is 3.54. The number of rotatable bonds is 3. The van der Waals surface area contributed by atoms with E-state index >= 15 is 0 Å². The van der Waals surface area contributed by atoms with Crippen molar-refractivity contribution in [3.8, 4) is 0 Å². The van der Waals surface area contributed by atoms with Crippen LogP contribution in [-0.2, 0) is 24.1 Å². The highest BCUT2D eigenvalue weighted by molar-refractivity contribution is 7.91. The summed E-state index contributed by atoms with van der Waals surface area (Å²) < 4.78 is 34.9. The minimum Gasteiger partial charge on any atom is -0.381 e. The van der Waals surface area contributed by atoms with Crippen molar-refractivity contribution in [2.75, 3.05) is 50.7 Å². The number of aromatic nitrogens is 1. The molecular weight excluding hydrogens is 340 g/mol. The molecule has 3 rings (SSSR count). The summed E-state index contributed by atoms with van der Waals surface area (Å²) in [7, 11) is -3.31. The second kappa shape index (κ2) is 6.55. The molecule has 0 spiro atoms. The third kappa shape index (κ3) is 3.33. The van der Waals surface area contributed by atoms with E-state index in [-0.39, 0.29) is 0 Å². The molecule has 6 nitrogen and oxygen atoms in total. The Morgan fingerprint density at radius 3 is 2.35 bits per heavy atom. The summed E-state index contributed by atoms with van der Waals surface area (Å²) in [6.07, 6.45) is 2.17. The monoisotopic (exact) mass is 360 g/mol. The average Bonchev–Trinajstić information content (AvgIpc) is 2.55. The largest absolute Gasteiger partial charge is 0.381 e. The van der Waals surface area contributed by atoms with Gasteiger partial charge in [0, 0.05) is 32.6 Å². The molecule has 2 aliphatic rings. The fourth-order valence-corrected chi connectivity index (χ4v) is 4.93. The molecule has 0 aromatic carbocycles. The summed E-state index contributed by atoms with van der Waals surface area (Å²) in [4.78, 5) is 6.45. The first-order chi connectivity index (χ1) is 10.9. The number of sulfone groups is 1. The molecule has 0 amide bonds. The van der Waals surface area contributed by atoms with Crippen molar-refractivity contribution >= 4 is 27.3 Å². The van der Waals surface area contributed by atoms with Gasteiger partial charge in [0.2, 0.25) is 0 Å². The Kier molecular flexibility index (Phi) is 4.83. The van der Waals surface area contributed by atoms with Gasteiger partial charge in [-0.25, -0.2) is 13.4 Å². The van der Waals surface area contributed by atoms with E-state index in [0.29, 0.717) is 55.8 Å². The molecule has 1 aromatic heterocycles. The van der Waals surface area contributed by atoms with Crippen LogP contribution in [-0.4, -0.2) is 59.2 Å². The zero-order valence-electron chi connectivity index (χ0n) is 13.1. The van der Waals surface area contributed by atoms with Crippen LogP contribution < -0.4 is 4.90 Å². The lowest BCUT2D eigenvalue weighted by Crippen LogP contribution is -2.41. The molecule has 0 saturated carbocycles. The molecule has 0 aliphatic carbocycles. The Balaban J connectivity index is 2.04. The number of hydrogen-bond donors (Lipinski definition) is 0. The molecule has 0 N–H and O–H groups in total. The maximum Gasteiger partial charge on any atom is 0.157 e. The molecular formula is C15H21ClN2O4S.